The Kier molecular flexibility index (Phi) is 5.62. The van der Waals surface area contributed by atoms with Gasteiger partial charge in [0.1, 0.15) is 17.0 Å². The molecule has 5 fully saturated rings. The summed E-state index contributed by atoms with van der Waals surface area (Å²) in [6.45, 7) is 8.76. The number of benzene rings is 1. The van der Waals surface area contributed by atoms with Crippen LogP contribution in [0, 0.1) is 23.2 Å². The molecule has 0 aromatic heterocycles. The van der Waals surface area contributed by atoms with Crippen LogP contribution in [0.5, 0.6) is 5.75 Å². The molecule has 0 aliphatic heterocycles. The number of carbonyl (C=O) groups excluding carboxylic acids is 1. The van der Waals surface area contributed by atoms with E-state index in [2.05, 4.69) is 52.0 Å². The Morgan fingerprint density at radius 2 is 1.59 bits per heavy atom. The van der Waals surface area contributed by atoms with Crippen molar-refractivity contribution in [3.05, 3.63) is 29.8 Å². The van der Waals surface area contributed by atoms with Crippen molar-refractivity contribution >= 4 is 5.97 Å². The summed E-state index contributed by atoms with van der Waals surface area (Å²) in [4.78, 5) is 13.8. The summed E-state index contributed by atoms with van der Waals surface area (Å²) in [6, 6.07) is 8.64. The molecular formula is C29H42O3. The maximum Gasteiger partial charge on any atom is 0.312 e. The summed E-state index contributed by atoms with van der Waals surface area (Å²) in [5.74, 6) is 3.24. The van der Waals surface area contributed by atoms with Gasteiger partial charge in [0, 0.05) is 6.42 Å². The van der Waals surface area contributed by atoms with Crippen LogP contribution in [0.15, 0.2) is 24.3 Å². The topological polar surface area (TPSA) is 35.5 Å². The van der Waals surface area contributed by atoms with Crippen molar-refractivity contribution in [2.45, 2.75) is 115 Å². The summed E-state index contributed by atoms with van der Waals surface area (Å²) < 4.78 is 13.2. The lowest BCUT2D eigenvalue weighted by molar-refractivity contribution is -0.205. The van der Waals surface area contributed by atoms with Crippen molar-refractivity contribution in [1.29, 1.82) is 0 Å². The van der Waals surface area contributed by atoms with Gasteiger partial charge in [-0.1, -0.05) is 45.2 Å². The van der Waals surface area contributed by atoms with Gasteiger partial charge >= 0.3 is 5.97 Å². The molecule has 0 spiro atoms. The van der Waals surface area contributed by atoms with Gasteiger partial charge in [0.15, 0.2) is 0 Å². The smallest absolute Gasteiger partial charge is 0.312 e. The number of carbonyl (C=O) groups is 1. The molecule has 0 amide bonds. The van der Waals surface area contributed by atoms with E-state index >= 15 is 0 Å². The van der Waals surface area contributed by atoms with Gasteiger partial charge in [0.25, 0.3) is 0 Å². The van der Waals surface area contributed by atoms with Crippen LogP contribution in [0.1, 0.15) is 110 Å². The van der Waals surface area contributed by atoms with E-state index in [1.807, 2.05) is 0 Å². The summed E-state index contributed by atoms with van der Waals surface area (Å²) >= 11 is 0. The van der Waals surface area contributed by atoms with Gasteiger partial charge in [-0.3, -0.25) is 4.79 Å². The molecule has 32 heavy (non-hydrogen) atoms. The molecule has 2 unspecified atom stereocenters. The minimum absolute atomic E-state index is 0.0744. The van der Waals surface area contributed by atoms with E-state index < -0.39 is 0 Å². The second-order valence-corrected chi connectivity index (χ2v) is 12.6. The Bertz CT molecular complexity index is 816. The van der Waals surface area contributed by atoms with Crippen LogP contribution in [0.25, 0.3) is 0 Å². The average Bonchev–Trinajstić information content (AvgIpc) is 2.73. The number of hydrogen-bond acceptors (Lipinski definition) is 3. The Morgan fingerprint density at radius 1 is 0.969 bits per heavy atom. The van der Waals surface area contributed by atoms with Crippen LogP contribution >= 0.6 is 0 Å². The normalized spacial score (nSPS) is 34.7. The highest BCUT2D eigenvalue weighted by Crippen LogP contribution is 2.63. The molecule has 2 atom stereocenters. The first-order valence-corrected chi connectivity index (χ1v) is 13.2. The standard InChI is InChI=1S/C29H42O3/c1-20(2)23-10-12-25(13-11-23)31-29-17-21-14-22(18-29)16-28(15-21,19-29)26(30)32-27(3,4)24-8-6-5-7-9-24/h10-13,20-22,24H,5-9,14-19H2,1-4H3. The van der Waals surface area contributed by atoms with Gasteiger partial charge in [-0.15, -0.1) is 0 Å². The van der Waals surface area contributed by atoms with Gasteiger partial charge in [0.2, 0.25) is 0 Å². The van der Waals surface area contributed by atoms with Crippen LogP contribution < -0.4 is 4.74 Å². The molecule has 5 aliphatic carbocycles. The average molecular weight is 439 g/mol. The van der Waals surface area contributed by atoms with Gasteiger partial charge in [-0.2, -0.15) is 0 Å². The van der Waals surface area contributed by atoms with E-state index in [0.29, 0.717) is 23.7 Å². The second kappa shape index (κ2) is 8.06. The molecule has 0 N–H and O–H groups in total. The first-order chi connectivity index (χ1) is 15.2. The quantitative estimate of drug-likeness (QED) is 0.433. The number of hydrogen-bond donors (Lipinski definition) is 0. The van der Waals surface area contributed by atoms with Crippen LogP contribution in [0.2, 0.25) is 0 Å². The van der Waals surface area contributed by atoms with Crippen molar-refractivity contribution < 1.29 is 14.3 Å². The van der Waals surface area contributed by atoms with Crippen molar-refractivity contribution in [1.82, 2.24) is 0 Å². The number of ether oxygens (including phenoxy) is 2. The lowest BCUT2D eigenvalue weighted by Crippen LogP contribution is -2.61. The third kappa shape index (κ3) is 4.10. The highest BCUT2D eigenvalue weighted by atomic mass is 16.6. The largest absolute Gasteiger partial charge is 0.487 e. The second-order valence-electron chi connectivity index (χ2n) is 12.6. The van der Waals surface area contributed by atoms with Gasteiger partial charge < -0.3 is 9.47 Å². The van der Waals surface area contributed by atoms with Crippen molar-refractivity contribution in [2.75, 3.05) is 0 Å². The number of esters is 1. The Balaban J connectivity index is 1.34. The third-order valence-electron chi connectivity index (χ3n) is 9.27. The van der Waals surface area contributed by atoms with Gasteiger partial charge in [0.05, 0.1) is 5.41 Å². The van der Waals surface area contributed by atoms with E-state index in [1.54, 1.807) is 0 Å². The summed E-state index contributed by atoms with van der Waals surface area (Å²) in [5.41, 5.74) is 0.445. The fourth-order valence-corrected chi connectivity index (χ4v) is 7.94. The monoisotopic (exact) mass is 438 g/mol. The van der Waals surface area contributed by atoms with Crippen LogP contribution in [0.4, 0.5) is 0 Å². The molecule has 3 heteroatoms. The Morgan fingerprint density at radius 3 is 2.19 bits per heavy atom. The van der Waals surface area contributed by atoms with Crippen LogP contribution in [-0.4, -0.2) is 17.2 Å². The van der Waals surface area contributed by atoms with E-state index in [0.717, 1.165) is 37.9 Å². The molecule has 3 nitrogen and oxygen atoms in total. The van der Waals surface area contributed by atoms with Crippen LogP contribution in [0.3, 0.4) is 0 Å². The Hall–Kier alpha value is -1.51. The molecule has 0 heterocycles. The van der Waals surface area contributed by atoms with Gasteiger partial charge in [-0.05, 0) is 100 Å². The molecule has 0 radical (unpaired) electrons. The predicted octanol–water partition coefficient (Wildman–Crippen LogP) is 7.43. The predicted molar refractivity (Wildman–Crippen MR) is 128 cm³/mol. The van der Waals surface area contributed by atoms with Crippen molar-refractivity contribution in [3.8, 4) is 5.75 Å². The lowest BCUT2D eigenvalue weighted by Gasteiger charge is -2.60. The zero-order valence-electron chi connectivity index (χ0n) is 20.6. The van der Waals surface area contributed by atoms with E-state index in [-0.39, 0.29) is 22.6 Å². The van der Waals surface area contributed by atoms with Crippen LogP contribution in [-0.2, 0) is 9.53 Å². The minimum atomic E-state index is -0.360. The molecule has 6 rings (SSSR count). The molecule has 4 bridgehead atoms. The summed E-state index contributed by atoms with van der Waals surface area (Å²) in [7, 11) is 0. The number of rotatable bonds is 6. The molecule has 176 valence electrons. The first-order valence-electron chi connectivity index (χ1n) is 13.2. The maximum atomic E-state index is 13.8. The molecule has 5 saturated carbocycles. The molecular weight excluding hydrogens is 396 g/mol. The first kappa shape index (κ1) is 22.3. The fourth-order valence-electron chi connectivity index (χ4n) is 7.94. The van der Waals surface area contributed by atoms with Crippen molar-refractivity contribution in [2.24, 2.45) is 23.2 Å². The highest BCUT2D eigenvalue weighted by Gasteiger charge is 2.63. The highest BCUT2D eigenvalue weighted by molar-refractivity contribution is 5.78. The summed E-state index contributed by atoms with van der Waals surface area (Å²) in [6.07, 6.45) is 12.5. The zero-order valence-corrected chi connectivity index (χ0v) is 20.6. The van der Waals surface area contributed by atoms with Gasteiger partial charge in [-0.25, -0.2) is 0 Å². The van der Waals surface area contributed by atoms with E-state index in [9.17, 15) is 4.79 Å². The zero-order chi connectivity index (χ0) is 22.6. The molecule has 1 aromatic rings. The molecule has 0 saturated heterocycles. The minimum Gasteiger partial charge on any atom is -0.487 e. The molecule has 5 aliphatic rings. The lowest BCUT2D eigenvalue weighted by atomic mass is 9.48. The van der Waals surface area contributed by atoms with E-state index in [4.69, 9.17) is 9.47 Å². The molecule has 1 aromatic carbocycles. The summed E-state index contributed by atoms with van der Waals surface area (Å²) in [5, 5.41) is 0. The SMILES string of the molecule is CC(C)c1ccc(OC23CC4CC(C2)CC(C(=O)OC(C)(C)C2CCCCC2)(C4)C3)cc1. The Labute approximate surface area is 194 Å². The fraction of sp³-hybridized carbons (Fsp3) is 0.759. The van der Waals surface area contributed by atoms with E-state index in [1.165, 1.54) is 44.1 Å². The third-order valence-corrected chi connectivity index (χ3v) is 9.27. The van der Waals surface area contributed by atoms with Crippen molar-refractivity contribution in [3.63, 3.8) is 0 Å². The maximum absolute atomic E-state index is 13.8.